The van der Waals surface area contributed by atoms with Gasteiger partial charge in [0.1, 0.15) is 0 Å². The van der Waals surface area contributed by atoms with Gasteiger partial charge in [0.15, 0.2) is 11.2 Å². The largest absolute Gasteiger partial charge is 0.396 e. The number of aliphatic hydroxyl groups is 1. The number of unbranched alkanes of at least 4 members (excludes halogenated alkanes) is 1. The van der Waals surface area contributed by atoms with Crippen molar-refractivity contribution < 1.29 is 5.11 Å². The summed E-state index contributed by atoms with van der Waals surface area (Å²) >= 11 is 0. The number of hydrogen-bond donors (Lipinski definition) is 2. The van der Waals surface area contributed by atoms with Crippen molar-refractivity contribution in [3.05, 3.63) is 20.8 Å². The Balaban J connectivity index is 2.61. The SMILES string of the molecule is CCCCn1c(=O)n(C)c(=O)c2c1nc(NCCCO)n2C. The lowest BCUT2D eigenvalue weighted by Gasteiger charge is -2.08. The van der Waals surface area contributed by atoms with E-state index in [1.807, 2.05) is 6.92 Å². The molecule has 2 aromatic heterocycles. The van der Waals surface area contributed by atoms with Crippen LogP contribution in [0.2, 0.25) is 0 Å². The number of aromatic nitrogens is 4. The number of anilines is 1. The van der Waals surface area contributed by atoms with Gasteiger partial charge in [-0.05, 0) is 12.8 Å². The van der Waals surface area contributed by atoms with E-state index in [2.05, 4.69) is 10.3 Å². The van der Waals surface area contributed by atoms with Crippen LogP contribution in [0.15, 0.2) is 9.59 Å². The number of nitrogens with zero attached hydrogens (tertiary/aromatic N) is 4. The number of nitrogens with one attached hydrogen (secondary N) is 1. The average molecular weight is 309 g/mol. The molecule has 0 atom stereocenters. The van der Waals surface area contributed by atoms with E-state index in [1.54, 1.807) is 16.2 Å². The fourth-order valence-corrected chi connectivity index (χ4v) is 2.38. The van der Waals surface area contributed by atoms with Gasteiger partial charge in [-0.1, -0.05) is 13.3 Å². The van der Waals surface area contributed by atoms with Crippen LogP contribution < -0.4 is 16.6 Å². The summed E-state index contributed by atoms with van der Waals surface area (Å²) in [6, 6.07) is 0. The van der Waals surface area contributed by atoms with E-state index in [-0.39, 0.29) is 17.9 Å². The minimum absolute atomic E-state index is 0.0833. The summed E-state index contributed by atoms with van der Waals surface area (Å²) in [4.78, 5) is 29.1. The fourth-order valence-electron chi connectivity index (χ4n) is 2.38. The molecule has 0 radical (unpaired) electrons. The standard InChI is InChI=1S/C14H23N5O3/c1-4-5-8-19-11-10(12(21)18(3)14(19)22)17(2)13(16-11)15-7-6-9-20/h20H,4-9H2,1-3H3,(H,15,16). The fraction of sp³-hybridized carbons (Fsp3) is 0.643. The molecule has 22 heavy (non-hydrogen) atoms. The molecule has 0 spiro atoms. The van der Waals surface area contributed by atoms with Crippen LogP contribution in [0.25, 0.3) is 11.2 Å². The first-order valence-electron chi connectivity index (χ1n) is 7.53. The van der Waals surface area contributed by atoms with Crippen LogP contribution in [0, 0.1) is 0 Å². The molecule has 0 amide bonds. The molecule has 0 aliphatic carbocycles. The predicted molar refractivity (Wildman–Crippen MR) is 85.3 cm³/mol. The van der Waals surface area contributed by atoms with Gasteiger partial charge in [0, 0.05) is 33.8 Å². The molecule has 0 bridgehead atoms. The third-order valence-electron chi connectivity index (χ3n) is 3.71. The topological polar surface area (TPSA) is 94.1 Å². The second-order valence-electron chi connectivity index (χ2n) is 5.32. The Kier molecular flexibility index (Phi) is 5.02. The number of aliphatic hydroxyl groups excluding tert-OH is 1. The molecule has 0 aliphatic heterocycles. The van der Waals surface area contributed by atoms with Crippen molar-refractivity contribution in [1.82, 2.24) is 18.7 Å². The molecular weight excluding hydrogens is 286 g/mol. The highest BCUT2D eigenvalue weighted by Crippen LogP contribution is 2.14. The number of imidazole rings is 1. The predicted octanol–water partition coefficient (Wildman–Crippen LogP) is 0.0281. The van der Waals surface area contributed by atoms with E-state index in [9.17, 15) is 9.59 Å². The molecule has 2 heterocycles. The van der Waals surface area contributed by atoms with Crippen molar-refractivity contribution in [2.75, 3.05) is 18.5 Å². The molecule has 122 valence electrons. The summed E-state index contributed by atoms with van der Waals surface area (Å²) in [7, 11) is 3.23. The van der Waals surface area contributed by atoms with Crippen LogP contribution >= 0.6 is 0 Å². The Morgan fingerprint density at radius 3 is 2.55 bits per heavy atom. The van der Waals surface area contributed by atoms with Crippen LogP contribution in [0.1, 0.15) is 26.2 Å². The number of rotatable bonds is 7. The number of hydrogen-bond acceptors (Lipinski definition) is 5. The van der Waals surface area contributed by atoms with Crippen LogP contribution in [-0.2, 0) is 20.6 Å². The lowest BCUT2D eigenvalue weighted by molar-refractivity contribution is 0.292. The molecule has 8 nitrogen and oxygen atoms in total. The third kappa shape index (κ3) is 2.78. The zero-order valence-corrected chi connectivity index (χ0v) is 13.3. The summed E-state index contributed by atoms with van der Waals surface area (Å²) in [6.07, 6.45) is 2.38. The number of fused-ring (bicyclic) bond motifs is 1. The normalized spacial score (nSPS) is 11.3. The lowest BCUT2D eigenvalue weighted by Crippen LogP contribution is -2.38. The van der Waals surface area contributed by atoms with Crippen LogP contribution in [-0.4, -0.2) is 36.9 Å². The van der Waals surface area contributed by atoms with Crippen molar-refractivity contribution in [2.45, 2.75) is 32.7 Å². The summed E-state index contributed by atoms with van der Waals surface area (Å²) < 4.78 is 4.34. The van der Waals surface area contributed by atoms with Gasteiger partial charge >= 0.3 is 5.69 Å². The van der Waals surface area contributed by atoms with E-state index >= 15 is 0 Å². The van der Waals surface area contributed by atoms with E-state index in [4.69, 9.17) is 5.11 Å². The lowest BCUT2D eigenvalue weighted by atomic mass is 10.3. The van der Waals surface area contributed by atoms with E-state index < -0.39 is 0 Å². The van der Waals surface area contributed by atoms with Gasteiger partial charge in [0.2, 0.25) is 5.95 Å². The molecule has 0 saturated heterocycles. The quantitative estimate of drug-likeness (QED) is 0.704. The first kappa shape index (κ1) is 16.3. The van der Waals surface area contributed by atoms with Crippen molar-refractivity contribution >= 4 is 17.1 Å². The van der Waals surface area contributed by atoms with Gasteiger partial charge in [0.05, 0.1) is 0 Å². The summed E-state index contributed by atoms with van der Waals surface area (Å²) in [5, 5.41) is 11.9. The summed E-state index contributed by atoms with van der Waals surface area (Å²) in [5.74, 6) is 0.524. The highest BCUT2D eigenvalue weighted by atomic mass is 16.3. The van der Waals surface area contributed by atoms with Crippen LogP contribution in [0.5, 0.6) is 0 Å². The highest BCUT2D eigenvalue weighted by Gasteiger charge is 2.18. The summed E-state index contributed by atoms with van der Waals surface area (Å²) in [6.45, 7) is 3.21. The molecule has 0 unspecified atom stereocenters. The molecule has 0 aliphatic rings. The molecule has 0 aromatic carbocycles. The van der Waals surface area contributed by atoms with Crippen molar-refractivity contribution in [1.29, 1.82) is 0 Å². The molecule has 8 heteroatoms. The monoisotopic (exact) mass is 309 g/mol. The molecule has 2 rings (SSSR count). The van der Waals surface area contributed by atoms with E-state index in [0.717, 1.165) is 17.4 Å². The molecular formula is C14H23N5O3. The summed E-state index contributed by atoms with van der Waals surface area (Å²) in [5.41, 5.74) is 0.129. The van der Waals surface area contributed by atoms with Crippen molar-refractivity contribution in [3.8, 4) is 0 Å². The first-order valence-corrected chi connectivity index (χ1v) is 7.53. The number of aryl methyl sites for hydroxylation is 2. The van der Waals surface area contributed by atoms with Gasteiger partial charge in [-0.3, -0.25) is 13.9 Å². The third-order valence-corrected chi connectivity index (χ3v) is 3.71. The van der Waals surface area contributed by atoms with Crippen LogP contribution in [0.4, 0.5) is 5.95 Å². The Hall–Kier alpha value is -2.09. The van der Waals surface area contributed by atoms with Gasteiger partial charge in [0.25, 0.3) is 5.56 Å². The molecule has 0 fully saturated rings. The molecule has 2 N–H and O–H groups in total. The Morgan fingerprint density at radius 2 is 1.91 bits per heavy atom. The Labute approximate surface area is 128 Å². The Morgan fingerprint density at radius 1 is 1.18 bits per heavy atom. The van der Waals surface area contributed by atoms with Gasteiger partial charge in [-0.15, -0.1) is 0 Å². The zero-order chi connectivity index (χ0) is 16.3. The molecule has 2 aromatic rings. The second-order valence-corrected chi connectivity index (χ2v) is 5.32. The van der Waals surface area contributed by atoms with Gasteiger partial charge in [-0.2, -0.15) is 4.98 Å². The van der Waals surface area contributed by atoms with E-state index in [1.165, 1.54) is 7.05 Å². The first-order chi connectivity index (χ1) is 10.5. The minimum atomic E-state index is -0.349. The maximum atomic E-state index is 12.4. The minimum Gasteiger partial charge on any atom is -0.396 e. The van der Waals surface area contributed by atoms with Crippen molar-refractivity contribution in [3.63, 3.8) is 0 Å². The highest BCUT2D eigenvalue weighted by molar-refractivity contribution is 5.74. The average Bonchev–Trinajstić information content (AvgIpc) is 2.82. The zero-order valence-electron chi connectivity index (χ0n) is 13.3. The van der Waals surface area contributed by atoms with Crippen LogP contribution in [0.3, 0.4) is 0 Å². The van der Waals surface area contributed by atoms with E-state index in [0.29, 0.717) is 36.6 Å². The van der Waals surface area contributed by atoms with Gasteiger partial charge in [-0.25, -0.2) is 4.79 Å². The Bertz CT molecular complexity index is 771. The maximum absolute atomic E-state index is 12.4. The second kappa shape index (κ2) is 6.78. The molecule has 0 saturated carbocycles. The smallest absolute Gasteiger partial charge is 0.332 e. The van der Waals surface area contributed by atoms with Crippen molar-refractivity contribution in [2.24, 2.45) is 14.1 Å². The maximum Gasteiger partial charge on any atom is 0.332 e. The van der Waals surface area contributed by atoms with Gasteiger partial charge < -0.3 is 15.0 Å².